The van der Waals surface area contributed by atoms with Crippen LogP contribution in [0.15, 0.2) is 0 Å². The maximum absolute atomic E-state index is 2.49. The fourth-order valence-corrected chi connectivity index (χ4v) is 3.89. The van der Waals surface area contributed by atoms with Gasteiger partial charge in [0.05, 0.1) is 0 Å². The van der Waals surface area contributed by atoms with Crippen LogP contribution in [-0.4, -0.2) is 0 Å². The van der Waals surface area contributed by atoms with Crippen molar-refractivity contribution in [1.82, 2.24) is 0 Å². The molecule has 0 N–H and O–H groups in total. The lowest BCUT2D eigenvalue weighted by Gasteiger charge is -2.62. The highest BCUT2D eigenvalue weighted by Crippen LogP contribution is 2.63. The van der Waals surface area contributed by atoms with E-state index in [-0.39, 0.29) is 0 Å². The maximum Gasteiger partial charge on any atom is -0.0295 e. The van der Waals surface area contributed by atoms with Gasteiger partial charge in [-0.3, -0.25) is 0 Å². The van der Waals surface area contributed by atoms with Crippen molar-refractivity contribution in [2.75, 3.05) is 0 Å². The van der Waals surface area contributed by atoms with Crippen LogP contribution in [0.5, 0.6) is 0 Å². The van der Waals surface area contributed by atoms with Gasteiger partial charge in [-0.25, -0.2) is 0 Å². The standard InChI is InChI=1S/C12H22/c1-5-10-8(2)6-9-7-11(10)12(9,3)4/h8-11H,5-7H2,1-4H3/t8?,9-,10-,11-/m1/s1. The molecule has 0 amide bonds. The normalized spacial score (nSPS) is 50.0. The van der Waals surface area contributed by atoms with Crippen molar-refractivity contribution in [3.05, 3.63) is 0 Å². The summed E-state index contributed by atoms with van der Waals surface area (Å²) in [6.45, 7) is 9.80. The Bertz CT molecular complexity index is 180. The summed E-state index contributed by atoms with van der Waals surface area (Å²) in [5.74, 6) is 4.15. The first kappa shape index (κ1) is 8.59. The monoisotopic (exact) mass is 166 g/mol. The molecule has 0 aromatic heterocycles. The summed E-state index contributed by atoms with van der Waals surface area (Å²) in [4.78, 5) is 0. The summed E-state index contributed by atoms with van der Waals surface area (Å²) >= 11 is 0. The summed E-state index contributed by atoms with van der Waals surface area (Å²) in [5.41, 5.74) is 0.688. The number of hydrogen-bond donors (Lipinski definition) is 0. The van der Waals surface area contributed by atoms with E-state index in [1.165, 1.54) is 19.3 Å². The molecule has 0 spiro atoms. The van der Waals surface area contributed by atoms with Gasteiger partial charge in [-0.2, -0.15) is 0 Å². The van der Waals surface area contributed by atoms with E-state index in [4.69, 9.17) is 0 Å². The molecule has 70 valence electrons. The minimum atomic E-state index is 0.688. The van der Waals surface area contributed by atoms with Gasteiger partial charge in [-0.15, -0.1) is 0 Å². The van der Waals surface area contributed by atoms with Crippen LogP contribution in [0.4, 0.5) is 0 Å². The molecule has 3 aliphatic rings. The minimum Gasteiger partial charge on any atom is -0.0651 e. The first-order valence-electron chi connectivity index (χ1n) is 5.57. The number of rotatable bonds is 1. The van der Waals surface area contributed by atoms with E-state index in [0.717, 1.165) is 23.7 Å². The summed E-state index contributed by atoms with van der Waals surface area (Å²) < 4.78 is 0. The van der Waals surface area contributed by atoms with Crippen LogP contribution in [0.1, 0.15) is 47.0 Å². The highest BCUT2D eigenvalue weighted by Gasteiger charge is 2.55. The smallest absolute Gasteiger partial charge is 0.0295 e. The van der Waals surface area contributed by atoms with Crippen molar-refractivity contribution in [3.8, 4) is 0 Å². The SMILES string of the molecule is CC[C@@H]1C(C)C[C@@H]2C[C@H]1C2(C)C. The lowest BCUT2D eigenvalue weighted by Crippen LogP contribution is -2.54. The van der Waals surface area contributed by atoms with Crippen LogP contribution in [0.2, 0.25) is 0 Å². The molecule has 0 aromatic rings. The van der Waals surface area contributed by atoms with E-state index in [2.05, 4.69) is 27.7 Å². The zero-order valence-electron chi connectivity index (χ0n) is 8.93. The molecule has 0 nitrogen and oxygen atoms in total. The Morgan fingerprint density at radius 1 is 1.25 bits per heavy atom. The van der Waals surface area contributed by atoms with Gasteiger partial charge < -0.3 is 0 Å². The van der Waals surface area contributed by atoms with Gasteiger partial charge in [0.2, 0.25) is 0 Å². The lowest BCUT2D eigenvalue weighted by atomic mass is 9.43. The molecule has 12 heavy (non-hydrogen) atoms. The van der Waals surface area contributed by atoms with Crippen molar-refractivity contribution in [2.45, 2.75) is 47.0 Å². The molecule has 0 heteroatoms. The summed E-state index contributed by atoms with van der Waals surface area (Å²) in [5, 5.41) is 0. The Morgan fingerprint density at radius 2 is 1.92 bits per heavy atom. The molecule has 0 radical (unpaired) electrons. The van der Waals surface area contributed by atoms with E-state index in [0.29, 0.717) is 5.41 Å². The molecule has 2 bridgehead atoms. The highest BCUT2D eigenvalue weighted by atomic mass is 14.6. The zero-order chi connectivity index (χ0) is 8.93. The van der Waals surface area contributed by atoms with Gasteiger partial charge in [0.1, 0.15) is 0 Å². The predicted molar refractivity (Wildman–Crippen MR) is 52.9 cm³/mol. The topological polar surface area (TPSA) is 0 Å². The quantitative estimate of drug-likeness (QED) is 0.557. The molecule has 0 aliphatic heterocycles. The van der Waals surface area contributed by atoms with Crippen molar-refractivity contribution in [3.63, 3.8) is 0 Å². The van der Waals surface area contributed by atoms with Crippen LogP contribution in [0.25, 0.3) is 0 Å². The van der Waals surface area contributed by atoms with Crippen LogP contribution < -0.4 is 0 Å². The molecule has 0 aromatic carbocycles. The number of hydrogen-bond acceptors (Lipinski definition) is 0. The summed E-state index contributed by atoms with van der Waals surface area (Å²) in [6.07, 6.45) is 4.44. The van der Waals surface area contributed by atoms with E-state index < -0.39 is 0 Å². The van der Waals surface area contributed by atoms with E-state index in [9.17, 15) is 0 Å². The minimum absolute atomic E-state index is 0.688. The molecular weight excluding hydrogens is 144 g/mol. The van der Waals surface area contributed by atoms with Crippen LogP contribution >= 0.6 is 0 Å². The maximum atomic E-state index is 2.49. The van der Waals surface area contributed by atoms with Crippen molar-refractivity contribution in [1.29, 1.82) is 0 Å². The van der Waals surface area contributed by atoms with Gasteiger partial charge in [0.15, 0.2) is 0 Å². The van der Waals surface area contributed by atoms with Crippen molar-refractivity contribution in [2.24, 2.45) is 29.1 Å². The molecular formula is C12H22. The molecule has 3 rings (SSSR count). The third-order valence-corrected chi connectivity index (χ3v) is 4.92. The lowest BCUT2D eigenvalue weighted by molar-refractivity contribution is -0.131. The van der Waals surface area contributed by atoms with E-state index in [1.54, 1.807) is 0 Å². The average Bonchev–Trinajstić information content (AvgIpc) is 2.03. The second kappa shape index (κ2) is 2.49. The molecule has 3 saturated carbocycles. The molecule has 3 fully saturated rings. The second-order valence-electron chi connectivity index (χ2n) is 5.65. The fraction of sp³-hybridized carbons (Fsp3) is 1.00. The Labute approximate surface area is 76.7 Å². The predicted octanol–water partition coefficient (Wildman–Crippen LogP) is 3.71. The Hall–Kier alpha value is 0. The Morgan fingerprint density at radius 3 is 2.33 bits per heavy atom. The van der Waals surface area contributed by atoms with Gasteiger partial charge in [-0.05, 0) is 41.9 Å². The molecule has 0 saturated heterocycles. The second-order valence-corrected chi connectivity index (χ2v) is 5.65. The van der Waals surface area contributed by atoms with E-state index >= 15 is 0 Å². The highest BCUT2D eigenvalue weighted by molar-refractivity contribution is 5.04. The first-order valence-corrected chi connectivity index (χ1v) is 5.57. The zero-order valence-corrected chi connectivity index (χ0v) is 8.93. The third kappa shape index (κ3) is 0.900. The number of fused-ring (bicyclic) bond motifs is 2. The molecule has 4 atom stereocenters. The van der Waals surface area contributed by atoms with Crippen LogP contribution in [0, 0.1) is 29.1 Å². The summed E-state index contributed by atoms with van der Waals surface area (Å²) in [6, 6.07) is 0. The van der Waals surface area contributed by atoms with Gasteiger partial charge in [0.25, 0.3) is 0 Å². The largest absolute Gasteiger partial charge is 0.0651 e. The van der Waals surface area contributed by atoms with Crippen LogP contribution in [-0.2, 0) is 0 Å². The third-order valence-electron chi connectivity index (χ3n) is 4.92. The van der Waals surface area contributed by atoms with Crippen molar-refractivity contribution < 1.29 is 0 Å². The molecule has 3 aliphatic carbocycles. The van der Waals surface area contributed by atoms with E-state index in [1.807, 2.05) is 0 Å². The fourth-order valence-electron chi connectivity index (χ4n) is 3.89. The van der Waals surface area contributed by atoms with Gasteiger partial charge >= 0.3 is 0 Å². The Kier molecular flexibility index (Phi) is 1.79. The Balaban J connectivity index is 2.15. The first-order chi connectivity index (χ1) is 5.57. The molecule has 1 unspecified atom stereocenters. The molecule has 0 heterocycles. The average molecular weight is 166 g/mol. The van der Waals surface area contributed by atoms with Crippen LogP contribution in [0.3, 0.4) is 0 Å². The summed E-state index contributed by atoms with van der Waals surface area (Å²) in [7, 11) is 0. The van der Waals surface area contributed by atoms with Gasteiger partial charge in [0, 0.05) is 0 Å². The van der Waals surface area contributed by atoms with Gasteiger partial charge in [-0.1, -0.05) is 34.1 Å². The van der Waals surface area contributed by atoms with Crippen molar-refractivity contribution >= 4 is 0 Å².